The van der Waals surface area contributed by atoms with E-state index in [2.05, 4.69) is 27.8 Å². The first-order chi connectivity index (χ1) is 15.9. The molecule has 2 amide bonds. The van der Waals surface area contributed by atoms with Crippen LogP contribution in [0.25, 0.3) is 11.3 Å². The van der Waals surface area contributed by atoms with Crippen LogP contribution in [-0.2, 0) is 4.79 Å². The number of carbonyl (C=O) groups excluding carboxylic acids is 2. The van der Waals surface area contributed by atoms with E-state index >= 15 is 0 Å². The molecular formula is C23H28BrN5O4. The lowest BCUT2D eigenvalue weighted by Gasteiger charge is -2.38. The lowest BCUT2D eigenvalue weighted by Crippen LogP contribution is -2.41. The second-order valence-corrected chi connectivity index (χ2v) is 9.02. The summed E-state index contributed by atoms with van der Waals surface area (Å²) in [6.07, 6.45) is 3.97. The number of halogens is 1. The molecule has 1 atom stereocenters. The standard InChI is InChI=1S/C23H28BrN5O4/c1-4-18(30)28-9-6-13(7-10-28)15-5-8-26-23-19(22(25)31)21(27-29(15)23)14-11-16(32-2)20(24)17(12-14)33-3/h4,11-13,15,26H,1,5-10H2,2-3H3,(H2,25,31). The van der Waals surface area contributed by atoms with E-state index in [1.807, 2.05) is 21.7 Å². The Kier molecular flexibility index (Phi) is 6.64. The minimum absolute atomic E-state index is 0.0324. The van der Waals surface area contributed by atoms with Crippen LogP contribution in [0.3, 0.4) is 0 Å². The van der Waals surface area contributed by atoms with Gasteiger partial charge < -0.3 is 25.4 Å². The van der Waals surface area contributed by atoms with Crippen molar-refractivity contribution in [3.05, 3.63) is 34.8 Å². The molecule has 33 heavy (non-hydrogen) atoms. The van der Waals surface area contributed by atoms with Gasteiger partial charge in [-0.05, 0) is 59.3 Å². The topological polar surface area (TPSA) is 112 Å². The number of anilines is 1. The average Bonchev–Trinajstić information content (AvgIpc) is 3.24. The van der Waals surface area contributed by atoms with Crippen LogP contribution in [0.2, 0.25) is 0 Å². The number of aromatic nitrogens is 2. The Balaban J connectivity index is 1.73. The van der Waals surface area contributed by atoms with Gasteiger partial charge in [-0.25, -0.2) is 4.68 Å². The van der Waals surface area contributed by atoms with Crippen LogP contribution in [0.4, 0.5) is 5.82 Å². The minimum Gasteiger partial charge on any atom is -0.495 e. The minimum atomic E-state index is -0.549. The van der Waals surface area contributed by atoms with Crippen molar-refractivity contribution < 1.29 is 19.1 Å². The Hall–Kier alpha value is -3.01. The van der Waals surface area contributed by atoms with Gasteiger partial charge in [0, 0.05) is 25.2 Å². The molecule has 1 fully saturated rings. The molecule has 4 rings (SSSR count). The molecule has 9 nitrogen and oxygen atoms in total. The summed E-state index contributed by atoms with van der Waals surface area (Å²) in [4.78, 5) is 26.3. The molecule has 176 valence electrons. The summed E-state index contributed by atoms with van der Waals surface area (Å²) in [5, 5.41) is 8.21. The van der Waals surface area contributed by atoms with Gasteiger partial charge in [-0.2, -0.15) is 5.10 Å². The van der Waals surface area contributed by atoms with Gasteiger partial charge in [0.1, 0.15) is 33.0 Å². The molecule has 1 saturated heterocycles. The lowest BCUT2D eigenvalue weighted by atomic mass is 9.87. The first-order valence-electron chi connectivity index (χ1n) is 10.9. The van der Waals surface area contributed by atoms with Crippen molar-refractivity contribution in [3.8, 4) is 22.8 Å². The van der Waals surface area contributed by atoms with Crippen molar-refractivity contribution in [1.29, 1.82) is 0 Å². The molecule has 2 aliphatic rings. The number of nitrogens with zero attached hydrogens (tertiary/aromatic N) is 3. The quantitative estimate of drug-likeness (QED) is 0.569. The number of ether oxygens (including phenoxy) is 2. The molecule has 1 aromatic carbocycles. The number of nitrogens with two attached hydrogens (primary N) is 1. The number of benzene rings is 1. The monoisotopic (exact) mass is 517 g/mol. The summed E-state index contributed by atoms with van der Waals surface area (Å²) in [6.45, 7) is 5.68. The number of hydrogen-bond donors (Lipinski definition) is 2. The van der Waals surface area contributed by atoms with Crippen molar-refractivity contribution in [2.24, 2.45) is 11.7 Å². The highest BCUT2D eigenvalue weighted by Gasteiger charge is 2.36. The van der Waals surface area contributed by atoms with E-state index in [-0.39, 0.29) is 11.9 Å². The van der Waals surface area contributed by atoms with Crippen molar-refractivity contribution in [2.45, 2.75) is 25.3 Å². The van der Waals surface area contributed by atoms with Gasteiger partial charge in [0.2, 0.25) is 5.91 Å². The molecule has 3 N–H and O–H groups in total. The van der Waals surface area contributed by atoms with Crippen molar-refractivity contribution in [3.63, 3.8) is 0 Å². The summed E-state index contributed by atoms with van der Waals surface area (Å²) in [5.74, 6) is 1.52. The number of amides is 2. The van der Waals surface area contributed by atoms with E-state index in [0.717, 1.165) is 25.8 Å². The number of piperidine rings is 1. The molecule has 1 unspecified atom stereocenters. The maximum absolute atomic E-state index is 12.5. The molecule has 3 heterocycles. The second-order valence-electron chi connectivity index (χ2n) is 8.23. The van der Waals surface area contributed by atoms with Crippen LogP contribution in [0.1, 0.15) is 35.7 Å². The Morgan fingerprint density at radius 1 is 1.21 bits per heavy atom. The molecule has 0 aliphatic carbocycles. The predicted molar refractivity (Wildman–Crippen MR) is 129 cm³/mol. The largest absolute Gasteiger partial charge is 0.495 e. The maximum atomic E-state index is 12.5. The molecule has 0 saturated carbocycles. The summed E-state index contributed by atoms with van der Waals surface area (Å²) in [5.41, 5.74) is 7.34. The van der Waals surface area contributed by atoms with Crippen molar-refractivity contribution in [2.75, 3.05) is 39.2 Å². The molecular weight excluding hydrogens is 490 g/mol. The van der Waals surface area contributed by atoms with E-state index in [0.29, 0.717) is 57.6 Å². The van der Waals surface area contributed by atoms with E-state index in [1.165, 1.54) is 6.08 Å². The maximum Gasteiger partial charge on any atom is 0.254 e. The summed E-state index contributed by atoms with van der Waals surface area (Å²) < 4.78 is 13.5. The van der Waals surface area contributed by atoms with E-state index in [4.69, 9.17) is 20.3 Å². The Bertz CT molecular complexity index is 1070. The summed E-state index contributed by atoms with van der Waals surface area (Å²) in [7, 11) is 3.13. The van der Waals surface area contributed by atoms with E-state index in [1.54, 1.807) is 14.2 Å². The molecule has 2 aromatic rings. The third-order valence-electron chi connectivity index (χ3n) is 6.49. The van der Waals surface area contributed by atoms with Crippen LogP contribution >= 0.6 is 15.9 Å². The zero-order valence-electron chi connectivity index (χ0n) is 18.8. The number of rotatable bonds is 6. The summed E-state index contributed by atoms with van der Waals surface area (Å²) in [6, 6.07) is 3.72. The molecule has 0 spiro atoms. The Labute approximate surface area is 201 Å². The fourth-order valence-corrected chi connectivity index (χ4v) is 5.37. The van der Waals surface area contributed by atoms with Crippen LogP contribution < -0.4 is 20.5 Å². The third kappa shape index (κ3) is 4.19. The van der Waals surface area contributed by atoms with Crippen LogP contribution in [0, 0.1) is 5.92 Å². The van der Waals surface area contributed by atoms with Gasteiger partial charge in [0.25, 0.3) is 5.91 Å². The van der Waals surface area contributed by atoms with E-state index < -0.39 is 5.91 Å². The van der Waals surface area contributed by atoms with Gasteiger partial charge in [0.05, 0.1) is 20.3 Å². The SMILES string of the molecule is C=CC(=O)N1CCC(C2CCNc3c(C(N)=O)c(-c4cc(OC)c(Br)c(OC)c4)nn32)CC1. The molecule has 0 bridgehead atoms. The van der Waals surface area contributed by atoms with Crippen molar-refractivity contribution in [1.82, 2.24) is 14.7 Å². The van der Waals surface area contributed by atoms with Crippen LogP contribution in [0.5, 0.6) is 11.5 Å². The smallest absolute Gasteiger partial charge is 0.254 e. The number of methoxy groups -OCH3 is 2. The zero-order chi connectivity index (χ0) is 23.7. The lowest BCUT2D eigenvalue weighted by molar-refractivity contribution is -0.127. The van der Waals surface area contributed by atoms with Crippen LogP contribution in [-0.4, -0.2) is 60.3 Å². The molecule has 2 aliphatic heterocycles. The first-order valence-corrected chi connectivity index (χ1v) is 11.7. The van der Waals surface area contributed by atoms with E-state index in [9.17, 15) is 9.59 Å². The van der Waals surface area contributed by atoms with Gasteiger partial charge in [0.15, 0.2) is 0 Å². The third-order valence-corrected chi connectivity index (χ3v) is 7.27. The number of carbonyl (C=O) groups is 2. The Morgan fingerprint density at radius 2 is 1.85 bits per heavy atom. The molecule has 0 radical (unpaired) electrons. The predicted octanol–water partition coefficient (Wildman–Crippen LogP) is 3.21. The van der Waals surface area contributed by atoms with Gasteiger partial charge >= 0.3 is 0 Å². The van der Waals surface area contributed by atoms with Gasteiger partial charge in [-0.15, -0.1) is 0 Å². The number of nitrogens with one attached hydrogen (secondary N) is 1. The van der Waals surface area contributed by atoms with Crippen molar-refractivity contribution >= 4 is 33.6 Å². The average molecular weight is 518 g/mol. The Morgan fingerprint density at radius 3 is 2.39 bits per heavy atom. The van der Waals surface area contributed by atoms with Crippen LogP contribution in [0.15, 0.2) is 29.3 Å². The number of fused-ring (bicyclic) bond motifs is 1. The number of hydrogen-bond acceptors (Lipinski definition) is 6. The number of primary amides is 1. The summed E-state index contributed by atoms with van der Waals surface area (Å²) >= 11 is 3.48. The fourth-order valence-electron chi connectivity index (χ4n) is 4.82. The fraction of sp³-hybridized carbons (Fsp3) is 0.435. The highest BCUT2D eigenvalue weighted by molar-refractivity contribution is 9.10. The number of likely N-dealkylation sites (tertiary alicyclic amines) is 1. The highest BCUT2D eigenvalue weighted by Crippen LogP contribution is 2.43. The second kappa shape index (κ2) is 9.46. The molecule has 1 aromatic heterocycles. The normalized spacial score (nSPS) is 18.3. The highest BCUT2D eigenvalue weighted by atomic mass is 79.9. The first kappa shape index (κ1) is 23.2. The van der Waals surface area contributed by atoms with Gasteiger partial charge in [-0.3, -0.25) is 9.59 Å². The van der Waals surface area contributed by atoms with Gasteiger partial charge in [-0.1, -0.05) is 6.58 Å². The molecule has 10 heteroatoms. The zero-order valence-corrected chi connectivity index (χ0v) is 20.4.